The van der Waals surface area contributed by atoms with Crippen LogP contribution in [0.2, 0.25) is 0 Å². The summed E-state index contributed by atoms with van der Waals surface area (Å²) in [6.07, 6.45) is 6.03. The first-order chi connectivity index (χ1) is 16.1. The zero-order chi connectivity index (χ0) is 22.8. The number of imidazole rings is 1. The van der Waals surface area contributed by atoms with Crippen LogP contribution in [0.1, 0.15) is 43.0 Å². The van der Waals surface area contributed by atoms with E-state index in [2.05, 4.69) is 27.2 Å². The molecule has 2 unspecified atom stereocenters. The predicted octanol–water partition coefficient (Wildman–Crippen LogP) is 5.87. The first-order valence-corrected chi connectivity index (χ1v) is 11.4. The summed E-state index contributed by atoms with van der Waals surface area (Å²) in [5.74, 6) is 1.38. The van der Waals surface area contributed by atoms with Gasteiger partial charge in [0, 0.05) is 51.5 Å². The number of fused-ring (bicyclic) bond motifs is 1. The van der Waals surface area contributed by atoms with E-state index in [1.807, 2.05) is 36.4 Å². The molecule has 1 aliphatic carbocycles. The number of hydrogen-bond donors (Lipinski definition) is 2. The highest BCUT2D eigenvalue weighted by atomic mass is 16.3. The summed E-state index contributed by atoms with van der Waals surface area (Å²) in [4.78, 5) is 37.5. The molecule has 2 heterocycles. The molecular weight excluding hydrogens is 414 g/mol. The van der Waals surface area contributed by atoms with E-state index in [9.17, 15) is 9.70 Å². The Labute approximate surface area is 191 Å². The highest BCUT2D eigenvalue weighted by Gasteiger charge is 2.35. The van der Waals surface area contributed by atoms with Crippen LogP contribution in [0.3, 0.4) is 0 Å². The van der Waals surface area contributed by atoms with Crippen LogP contribution in [0.15, 0.2) is 66.9 Å². The number of amides is 1. The lowest BCUT2D eigenvalue weighted by molar-refractivity contribution is -0.519. The molecule has 2 aromatic heterocycles. The number of carbonyl (C=O) groups excluding carboxylic acids is 1. The van der Waals surface area contributed by atoms with Gasteiger partial charge in [0.2, 0.25) is 6.04 Å². The molecule has 0 aliphatic heterocycles. The molecule has 1 saturated carbocycles. The molecule has 2 N–H and O–H groups in total. The first-order valence-electron chi connectivity index (χ1n) is 11.4. The number of H-pyrrole nitrogens is 1. The van der Waals surface area contributed by atoms with Gasteiger partial charge in [-0.15, -0.1) is 0 Å². The standard InChI is InChI=1S/C26H25N5O2/c1-17-6-2-3-7-23(17)31(33)20-12-9-18(10-13-20)25-28-21-14-11-19(16-22(21)29-25)26(32)30-24-8-4-5-15-27-24/h4-5,8-17,23H,2-3,6-7H2,1H3,(H-,27,28,29,30,32,33)/p+1. The van der Waals surface area contributed by atoms with Crippen molar-refractivity contribution in [1.82, 2.24) is 15.0 Å². The lowest BCUT2D eigenvalue weighted by Crippen LogP contribution is -2.30. The van der Waals surface area contributed by atoms with Crippen molar-refractivity contribution in [3.8, 4) is 11.4 Å². The van der Waals surface area contributed by atoms with Gasteiger partial charge in [-0.05, 0) is 55.3 Å². The molecule has 0 spiro atoms. The molecular formula is C26H26N5O2+. The molecule has 4 aromatic rings. The van der Waals surface area contributed by atoms with Gasteiger partial charge < -0.3 is 10.3 Å². The van der Waals surface area contributed by atoms with Crippen LogP contribution in [0.4, 0.5) is 11.5 Å². The Balaban J connectivity index is 1.34. The maximum absolute atomic E-state index is 12.9. The summed E-state index contributed by atoms with van der Waals surface area (Å²) in [5.41, 5.74) is 3.62. The Morgan fingerprint density at radius 3 is 2.64 bits per heavy atom. The van der Waals surface area contributed by atoms with Crippen molar-refractivity contribution >= 4 is 28.4 Å². The van der Waals surface area contributed by atoms with E-state index in [1.54, 1.807) is 30.5 Å². The van der Waals surface area contributed by atoms with Crippen molar-refractivity contribution in [3.05, 3.63) is 77.3 Å². The summed E-state index contributed by atoms with van der Waals surface area (Å²) in [6.45, 7) is 2.17. The molecule has 2 aromatic carbocycles. The van der Waals surface area contributed by atoms with Gasteiger partial charge in [-0.3, -0.25) is 4.79 Å². The first kappa shape index (κ1) is 21.0. The number of nitrogens with zero attached hydrogens (tertiary/aromatic N) is 3. The van der Waals surface area contributed by atoms with Gasteiger partial charge >= 0.3 is 0 Å². The molecule has 0 bridgehead atoms. The second kappa shape index (κ2) is 8.94. The quantitative estimate of drug-likeness (QED) is 0.380. The lowest BCUT2D eigenvalue weighted by Gasteiger charge is -2.21. The number of rotatable bonds is 5. The van der Waals surface area contributed by atoms with E-state index in [0.717, 1.165) is 35.9 Å². The minimum Gasteiger partial charge on any atom is -0.338 e. The van der Waals surface area contributed by atoms with E-state index in [4.69, 9.17) is 0 Å². The summed E-state index contributed by atoms with van der Waals surface area (Å²) in [6, 6.07) is 18.3. The van der Waals surface area contributed by atoms with E-state index in [-0.39, 0.29) is 11.9 Å². The monoisotopic (exact) mass is 440 g/mol. The number of nitrogens with one attached hydrogen (secondary N) is 2. The zero-order valence-electron chi connectivity index (χ0n) is 18.5. The molecule has 7 heteroatoms. The third kappa shape index (κ3) is 4.39. The fourth-order valence-corrected chi connectivity index (χ4v) is 4.52. The van der Waals surface area contributed by atoms with Crippen molar-refractivity contribution in [3.63, 3.8) is 0 Å². The van der Waals surface area contributed by atoms with Crippen molar-refractivity contribution in [2.45, 2.75) is 38.6 Å². The van der Waals surface area contributed by atoms with E-state index in [0.29, 0.717) is 28.8 Å². The Hall–Kier alpha value is -3.87. The van der Waals surface area contributed by atoms with Crippen molar-refractivity contribution in [2.24, 2.45) is 5.92 Å². The summed E-state index contributed by atoms with van der Waals surface area (Å²) in [5, 5.41) is 2.79. The Bertz CT molecular complexity index is 1300. The number of aromatic nitrogens is 3. The van der Waals surface area contributed by atoms with Crippen LogP contribution in [0.5, 0.6) is 0 Å². The van der Waals surface area contributed by atoms with Gasteiger partial charge in [0.25, 0.3) is 11.6 Å². The molecule has 1 amide bonds. The van der Waals surface area contributed by atoms with Crippen molar-refractivity contribution in [1.29, 1.82) is 0 Å². The van der Waals surface area contributed by atoms with Gasteiger partial charge in [-0.2, -0.15) is 0 Å². The second-order valence-corrected chi connectivity index (χ2v) is 8.69. The number of anilines is 1. The maximum atomic E-state index is 12.9. The molecule has 2 atom stereocenters. The van der Waals surface area contributed by atoms with E-state index >= 15 is 0 Å². The highest BCUT2D eigenvalue weighted by Crippen LogP contribution is 2.31. The summed E-state index contributed by atoms with van der Waals surface area (Å²) in [7, 11) is 0. The molecule has 5 rings (SSSR count). The van der Waals surface area contributed by atoms with E-state index in [1.165, 1.54) is 11.2 Å². The molecule has 0 radical (unpaired) electrons. The smallest absolute Gasteiger partial charge is 0.256 e. The van der Waals surface area contributed by atoms with Crippen LogP contribution < -0.4 is 5.32 Å². The van der Waals surface area contributed by atoms with Gasteiger partial charge in [-0.1, -0.05) is 19.4 Å². The Morgan fingerprint density at radius 1 is 1.06 bits per heavy atom. The lowest BCUT2D eigenvalue weighted by atomic mass is 9.85. The third-order valence-electron chi connectivity index (χ3n) is 6.41. The summed E-state index contributed by atoms with van der Waals surface area (Å²) >= 11 is 0. The van der Waals surface area contributed by atoms with Crippen LogP contribution in [0.25, 0.3) is 22.4 Å². The Morgan fingerprint density at radius 2 is 1.88 bits per heavy atom. The third-order valence-corrected chi connectivity index (χ3v) is 6.41. The normalized spacial score (nSPS) is 18.2. The number of pyridine rings is 1. The topological polar surface area (TPSA) is 90.8 Å². The number of aromatic amines is 1. The molecule has 1 fully saturated rings. The van der Waals surface area contributed by atoms with Crippen LogP contribution in [0, 0.1) is 10.8 Å². The average molecular weight is 441 g/mol. The van der Waals surface area contributed by atoms with Crippen LogP contribution in [-0.2, 0) is 0 Å². The minimum absolute atomic E-state index is 0.0476. The van der Waals surface area contributed by atoms with Gasteiger partial charge in [0.15, 0.2) is 0 Å². The van der Waals surface area contributed by atoms with Crippen molar-refractivity contribution in [2.75, 3.05) is 5.32 Å². The molecule has 33 heavy (non-hydrogen) atoms. The van der Waals surface area contributed by atoms with Crippen LogP contribution >= 0.6 is 0 Å². The highest BCUT2D eigenvalue weighted by molar-refractivity contribution is 6.05. The second-order valence-electron chi connectivity index (χ2n) is 8.69. The molecule has 0 saturated heterocycles. The maximum Gasteiger partial charge on any atom is 0.256 e. The number of hydrogen-bond acceptors (Lipinski definition) is 4. The largest absolute Gasteiger partial charge is 0.338 e. The van der Waals surface area contributed by atoms with E-state index < -0.39 is 0 Å². The van der Waals surface area contributed by atoms with Crippen molar-refractivity contribution < 1.29 is 9.55 Å². The fraction of sp³-hybridized carbons (Fsp3) is 0.269. The number of benzene rings is 2. The number of carbonyl (C=O) groups is 1. The SMILES string of the molecule is CC1CCCCC1[N+](=O)c1ccc(-c2nc3ccc(C(=O)Nc4ccccn4)cc3[nH]2)cc1. The molecule has 7 nitrogen and oxygen atoms in total. The van der Waals surface area contributed by atoms with Crippen LogP contribution in [-0.4, -0.2) is 31.7 Å². The minimum atomic E-state index is -0.233. The Kier molecular flexibility index (Phi) is 5.69. The number of nitroso groups, excluding NO2 is 1. The van der Waals surface area contributed by atoms with Gasteiger partial charge in [0.05, 0.1) is 11.0 Å². The summed E-state index contributed by atoms with van der Waals surface area (Å²) < 4.78 is 1.18. The van der Waals surface area contributed by atoms with Gasteiger partial charge in [0.1, 0.15) is 11.6 Å². The molecule has 166 valence electrons. The molecule has 1 aliphatic rings. The zero-order valence-corrected chi connectivity index (χ0v) is 18.5. The van der Waals surface area contributed by atoms with Gasteiger partial charge in [-0.25, -0.2) is 9.97 Å². The average Bonchev–Trinajstić information content (AvgIpc) is 3.28. The predicted molar refractivity (Wildman–Crippen MR) is 128 cm³/mol. The fourth-order valence-electron chi connectivity index (χ4n) is 4.52.